The fraction of sp³-hybridized carbons (Fsp3) is 0.706. The van der Waals surface area contributed by atoms with Gasteiger partial charge in [0.15, 0.2) is 0 Å². The molecule has 22 heavy (non-hydrogen) atoms. The Kier molecular flexibility index (Phi) is 4.66. The second-order valence-electron chi connectivity index (χ2n) is 6.95. The average molecular weight is 306 g/mol. The van der Waals surface area contributed by atoms with Crippen molar-refractivity contribution in [2.45, 2.75) is 44.9 Å². The molecule has 2 bridgehead atoms. The fourth-order valence-electron chi connectivity index (χ4n) is 3.80. The van der Waals surface area contributed by atoms with Crippen molar-refractivity contribution in [2.75, 3.05) is 26.2 Å². The van der Waals surface area contributed by atoms with Crippen molar-refractivity contribution in [1.29, 1.82) is 0 Å². The first-order chi connectivity index (χ1) is 10.5. The number of aromatic nitrogens is 1. The first-order valence-electron chi connectivity index (χ1n) is 8.24. The topological polar surface area (TPSA) is 54.7 Å². The Balaban J connectivity index is 1.65. The van der Waals surface area contributed by atoms with Crippen LogP contribution in [0.1, 0.15) is 31.9 Å². The lowest BCUT2D eigenvalue weighted by atomic mass is 9.83. The number of likely N-dealkylation sites (tertiary alicyclic amines) is 1. The van der Waals surface area contributed by atoms with E-state index in [4.69, 9.17) is 4.74 Å². The number of ether oxygens (including phenoxy) is 1. The molecule has 3 atom stereocenters. The molecule has 2 aliphatic heterocycles. The molecule has 1 aromatic rings. The molecular formula is C17H26N2O3. The molecule has 3 heterocycles. The second kappa shape index (κ2) is 6.52. The van der Waals surface area contributed by atoms with E-state index in [1.807, 2.05) is 24.5 Å². The number of fused-ring (bicyclic) bond motifs is 4. The maximum absolute atomic E-state index is 12.0. The predicted octanol–water partition coefficient (Wildman–Crippen LogP) is 1.05. The highest BCUT2D eigenvalue weighted by Gasteiger charge is 2.34. The zero-order valence-corrected chi connectivity index (χ0v) is 13.4. The normalized spacial score (nSPS) is 26.0. The molecule has 0 spiro atoms. The van der Waals surface area contributed by atoms with Gasteiger partial charge in [-0.25, -0.2) is 0 Å². The Labute approximate surface area is 131 Å². The van der Waals surface area contributed by atoms with Gasteiger partial charge in [0.25, 0.3) is 5.56 Å². The molecule has 1 N–H and O–H groups in total. The van der Waals surface area contributed by atoms with Gasteiger partial charge in [-0.3, -0.25) is 9.69 Å². The average Bonchev–Trinajstić information content (AvgIpc) is 2.46. The number of β-amino-alcohol motifs (C(OH)–C–C–N with tert-alkyl or cyclic N) is 1. The third-order valence-electron chi connectivity index (χ3n) is 4.65. The van der Waals surface area contributed by atoms with Crippen molar-refractivity contribution in [3.63, 3.8) is 0 Å². The van der Waals surface area contributed by atoms with E-state index in [1.54, 1.807) is 6.07 Å². The van der Waals surface area contributed by atoms with Crippen LogP contribution in [0, 0.1) is 5.92 Å². The molecule has 122 valence electrons. The lowest BCUT2D eigenvalue weighted by Crippen LogP contribution is -2.49. The summed E-state index contributed by atoms with van der Waals surface area (Å²) < 4.78 is 7.43. The molecule has 0 saturated carbocycles. The lowest BCUT2D eigenvalue weighted by molar-refractivity contribution is -0.0174. The van der Waals surface area contributed by atoms with Gasteiger partial charge in [-0.15, -0.1) is 0 Å². The van der Waals surface area contributed by atoms with Gasteiger partial charge in [-0.2, -0.15) is 0 Å². The van der Waals surface area contributed by atoms with Crippen LogP contribution in [0.2, 0.25) is 0 Å². The summed E-state index contributed by atoms with van der Waals surface area (Å²) >= 11 is 0. The van der Waals surface area contributed by atoms with E-state index in [-0.39, 0.29) is 11.7 Å². The van der Waals surface area contributed by atoms with Gasteiger partial charge in [-0.1, -0.05) is 6.07 Å². The number of hydrogen-bond donors (Lipinski definition) is 1. The standard InChI is InChI=1S/C17H26N2O3/c1-12(2)22-11-15(20)10-18-7-13-6-14(9-18)16-4-3-5-17(21)19(16)8-13/h3-5,12-15,20H,6-11H2,1-2H3/t13-,14-,15-/m0/s1. The zero-order valence-electron chi connectivity index (χ0n) is 13.4. The molecule has 2 aliphatic rings. The third kappa shape index (κ3) is 3.42. The van der Waals surface area contributed by atoms with E-state index in [0.29, 0.717) is 25.0 Å². The van der Waals surface area contributed by atoms with Crippen LogP contribution < -0.4 is 5.56 Å². The van der Waals surface area contributed by atoms with Gasteiger partial charge in [0, 0.05) is 43.9 Å². The number of aliphatic hydroxyl groups excluding tert-OH is 1. The van der Waals surface area contributed by atoms with E-state index >= 15 is 0 Å². The summed E-state index contributed by atoms with van der Waals surface area (Å²) in [6.45, 7) is 7.67. The molecule has 0 amide bonds. The summed E-state index contributed by atoms with van der Waals surface area (Å²) in [5, 5.41) is 10.1. The minimum absolute atomic E-state index is 0.117. The van der Waals surface area contributed by atoms with Crippen LogP contribution in [-0.4, -0.2) is 53.0 Å². The van der Waals surface area contributed by atoms with Crippen molar-refractivity contribution >= 4 is 0 Å². The fourth-order valence-corrected chi connectivity index (χ4v) is 3.80. The highest BCUT2D eigenvalue weighted by molar-refractivity contribution is 5.16. The van der Waals surface area contributed by atoms with E-state index in [9.17, 15) is 9.90 Å². The van der Waals surface area contributed by atoms with Crippen LogP contribution in [0.4, 0.5) is 0 Å². The van der Waals surface area contributed by atoms with Gasteiger partial charge >= 0.3 is 0 Å². The summed E-state index contributed by atoms with van der Waals surface area (Å²) in [6, 6.07) is 5.58. The molecular weight excluding hydrogens is 280 g/mol. The molecule has 5 heteroatoms. The predicted molar refractivity (Wildman–Crippen MR) is 85.1 cm³/mol. The van der Waals surface area contributed by atoms with Crippen LogP contribution in [-0.2, 0) is 11.3 Å². The van der Waals surface area contributed by atoms with Crippen LogP contribution in [0.15, 0.2) is 23.0 Å². The Morgan fingerprint density at radius 1 is 1.32 bits per heavy atom. The number of nitrogens with zero attached hydrogens (tertiary/aromatic N) is 2. The van der Waals surface area contributed by atoms with Crippen molar-refractivity contribution in [3.8, 4) is 0 Å². The maximum atomic E-state index is 12.0. The Hall–Kier alpha value is -1.17. The molecule has 0 aliphatic carbocycles. The molecule has 0 unspecified atom stereocenters. The number of hydrogen-bond acceptors (Lipinski definition) is 4. The first-order valence-corrected chi connectivity index (χ1v) is 8.24. The quantitative estimate of drug-likeness (QED) is 0.883. The van der Waals surface area contributed by atoms with Crippen molar-refractivity contribution in [3.05, 3.63) is 34.2 Å². The molecule has 1 saturated heterocycles. The van der Waals surface area contributed by atoms with Crippen molar-refractivity contribution in [2.24, 2.45) is 5.92 Å². The second-order valence-corrected chi connectivity index (χ2v) is 6.95. The molecule has 1 fully saturated rings. The number of piperidine rings is 1. The minimum atomic E-state index is -0.445. The van der Waals surface area contributed by atoms with Crippen LogP contribution in [0.3, 0.4) is 0 Å². The van der Waals surface area contributed by atoms with E-state index in [1.165, 1.54) is 0 Å². The van der Waals surface area contributed by atoms with E-state index in [2.05, 4.69) is 11.0 Å². The van der Waals surface area contributed by atoms with E-state index < -0.39 is 6.10 Å². The Bertz CT molecular complexity index is 569. The Morgan fingerprint density at radius 3 is 2.91 bits per heavy atom. The van der Waals surface area contributed by atoms with Crippen LogP contribution in [0.5, 0.6) is 0 Å². The maximum Gasteiger partial charge on any atom is 0.250 e. The molecule has 0 aromatic carbocycles. The number of pyridine rings is 1. The van der Waals surface area contributed by atoms with Gasteiger partial charge in [0.05, 0.1) is 18.8 Å². The summed E-state index contributed by atoms with van der Waals surface area (Å²) in [6.07, 6.45) is 0.853. The molecule has 5 nitrogen and oxygen atoms in total. The lowest BCUT2D eigenvalue weighted by Gasteiger charge is -2.43. The summed E-state index contributed by atoms with van der Waals surface area (Å²) in [5.41, 5.74) is 1.27. The summed E-state index contributed by atoms with van der Waals surface area (Å²) in [7, 11) is 0. The highest BCUT2D eigenvalue weighted by atomic mass is 16.5. The largest absolute Gasteiger partial charge is 0.389 e. The first kappa shape index (κ1) is 15.7. The highest BCUT2D eigenvalue weighted by Crippen LogP contribution is 2.34. The van der Waals surface area contributed by atoms with Gasteiger partial charge in [-0.05, 0) is 32.3 Å². The van der Waals surface area contributed by atoms with Gasteiger partial charge in [0.1, 0.15) is 0 Å². The summed E-state index contributed by atoms with van der Waals surface area (Å²) in [5.74, 6) is 0.907. The molecule has 1 aromatic heterocycles. The van der Waals surface area contributed by atoms with Crippen molar-refractivity contribution in [1.82, 2.24) is 9.47 Å². The minimum Gasteiger partial charge on any atom is -0.389 e. The third-order valence-corrected chi connectivity index (χ3v) is 4.65. The van der Waals surface area contributed by atoms with Crippen molar-refractivity contribution < 1.29 is 9.84 Å². The van der Waals surface area contributed by atoms with Crippen LogP contribution in [0.25, 0.3) is 0 Å². The van der Waals surface area contributed by atoms with E-state index in [0.717, 1.165) is 31.7 Å². The zero-order chi connectivity index (χ0) is 15.7. The Morgan fingerprint density at radius 2 is 2.14 bits per heavy atom. The van der Waals surface area contributed by atoms with Gasteiger partial charge < -0.3 is 14.4 Å². The molecule has 0 radical (unpaired) electrons. The SMILES string of the molecule is CC(C)OC[C@@H](O)CN1C[C@@H]2C[C@@H](C1)c1cccc(=O)n1C2. The smallest absolute Gasteiger partial charge is 0.250 e. The molecule has 3 rings (SSSR count). The summed E-state index contributed by atoms with van der Waals surface area (Å²) in [4.78, 5) is 14.3. The number of aliphatic hydroxyl groups is 1. The van der Waals surface area contributed by atoms with Gasteiger partial charge in [0.2, 0.25) is 0 Å². The number of rotatable bonds is 5. The monoisotopic (exact) mass is 306 g/mol. The van der Waals surface area contributed by atoms with Crippen LogP contribution >= 0.6 is 0 Å².